The molecule has 2 heterocycles. The molecule has 0 aliphatic rings. The van der Waals surface area contributed by atoms with Crippen LogP contribution in [0.3, 0.4) is 0 Å². The Morgan fingerprint density at radius 1 is 1.00 bits per heavy atom. The quantitative estimate of drug-likeness (QED) is 0.676. The molecule has 3 nitrogen and oxygen atoms in total. The summed E-state index contributed by atoms with van der Waals surface area (Å²) in [7, 11) is 0. The fraction of sp³-hybridized carbons (Fsp3) is 0.133. The number of aromatic nitrogens is 3. The molecule has 20 heavy (non-hydrogen) atoms. The molecule has 2 aromatic heterocycles. The molecule has 0 N–H and O–H groups in total. The minimum absolute atomic E-state index is 0.364. The molecule has 5 heteroatoms. The van der Waals surface area contributed by atoms with Gasteiger partial charge in [-0.25, -0.2) is 19.3 Å². The lowest BCUT2D eigenvalue weighted by Gasteiger charge is -2.08. The number of benzene rings is 1. The van der Waals surface area contributed by atoms with E-state index < -0.39 is 0 Å². The third kappa shape index (κ3) is 2.12. The molecule has 0 bridgehead atoms. The highest BCUT2D eigenvalue weighted by Crippen LogP contribution is 2.29. The molecule has 3 rings (SSSR count). The molecule has 0 spiro atoms. The first kappa shape index (κ1) is 12.9. The van der Waals surface area contributed by atoms with Gasteiger partial charge in [0.25, 0.3) is 0 Å². The largest absolute Gasteiger partial charge is 0.247 e. The Labute approximate surface area is 120 Å². The van der Waals surface area contributed by atoms with Crippen molar-refractivity contribution < 1.29 is 4.39 Å². The Bertz CT molecular complexity index is 818. The topological polar surface area (TPSA) is 38.7 Å². The summed E-state index contributed by atoms with van der Waals surface area (Å²) in [6.45, 7) is 3.75. The van der Waals surface area contributed by atoms with E-state index in [2.05, 4.69) is 15.0 Å². The number of fused-ring (bicyclic) bond motifs is 1. The van der Waals surface area contributed by atoms with Gasteiger partial charge in [-0.3, -0.25) is 0 Å². The molecule has 100 valence electrons. The summed E-state index contributed by atoms with van der Waals surface area (Å²) in [6.07, 6.45) is 1.61. The van der Waals surface area contributed by atoms with Gasteiger partial charge in [0.05, 0.1) is 11.4 Å². The fourth-order valence-corrected chi connectivity index (χ4v) is 2.21. The molecule has 0 aliphatic carbocycles. The highest BCUT2D eigenvalue weighted by molar-refractivity contribution is 6.30. The SMILES string of the molecule is Cc1nc2nccc(-c3ccc(Cl)cc3F)c2nc1C. The third-order valence-electron chi connectivity index (χ3n) is 3.20. The molecule has 0 amide bonds. The van der Waals surface area contributed by atoms with Crippen LogP contribution >= 0.6 is 11.6 Å². The van der Waals surface area contributed by atoms with Gasteiger partial charge in [0.15, 0.2) is 5.65 Å². The predicted octanol–water partition coefficient (Wildman–Crippen LogP) is 4.10. The van der Waals surface area contributed by atoms with Gasteiger partial charge in [-0.1, -0.05) is 11.6 Å². The number of nitrogens with zero attached hydrogens (tertiary/aromatic N) is 3. The van der Waals surface area contributed by atoms with Crippen molar-refractivity contribution in [2.24, 2.45) is 0 Å². The van der Waals surface area contributed by atoms with Gasteiger partial charge in [-0.05, 0) is 38.1 Å². The monoisotopic (exact) mass is 287 g/mol. The summed E-state index contributed by atoms with van der Waals surface area (Å²) >= 11 is 5.79. The zero-order valence-corrected chi connectivity index (χ0v) is 11.7. The maximum atomic E-state index is 14.1. The Hall–Kier alpha value is -2.07. The van der Waals surface area contributed by atoms with Gasteiger partial charge in [-0.15, -0.1) is 0 Å². The van der Waals surface area contributed by atoms with Crippen LogP contribution in [0.4, 0.5) is 4.39 Å². The van der Waals surface area contributed by atoms with Gasteiger partial charge in [0.2, 0.25) is 0 Å². The van der Waals surface area contributed by atoms with E-state index in [0.29, 0.717) is 27.3 Å². The molecular formula is C15H11ClFN3. The van der Waals surface area contributed by atoms with Gasteiger partial charge < -0.3 is 0 Å². The van der Waals surface area contributed by atoms with E-state index in [1.807, 2.05) is 13.8 Å². The third-order valence-corrected chi connectivity index (χ3v) is 3.44. The molecule has 1 aromatic carbocycles. The van der Waals surface area contributed by atoms with E-state index in [-0.39, 0.29) is 5.82 Å². The molecule has 0 unspecified atom stereocenters. The maximum absolute atomic E-state index is 14.1. The van der Waals surface area contributed by atoms with Crippen molar-refractivity contribution >= 4 is 22.8 Å². The summed E-state index contributed by atoms with van der Waals surface area (Å²) in [5.74, 6) is -0.384. The smallest absolute Gasteiger partial charge is 0.179 e. The van der Waals surface area contributed by atoms with Crippen molar-refractivity contribution in [3.8, 4) is 11.1 Å². The molecule has 0 saturated heterocycles. The van der Waals surface area contributed by atoms with Crippen LogP contribution in [0.2, 0.25) is 5.02 Å². The molecule has 0 atom stereocenters. The lowest BCUT2D eigenvalue weighted by Crippen LogP contribution is -1.97. The summed E-state index contributed by atoms with van der Waals surface area (Å²) in [5.41, 5.74) is 3.84. The standard InChI is InChI=1S/C15H11ClFN3/c1-8-9(2)20-15-14(19-8)12(5-6-18-15)11-4-3-10(16)7-13(11)17/h3-7H,1-2H3. The van der Waals surface area contributed by atoms with Crippen molar-refractivity contribution in [1.82, 2.24) is 15.0 Å². The van der Waals surface area contributed by atoms with Gasteiger partial charge in [0, 0.05) is 22.3 Å². The summed E-state index contributed by atoms with van der Waals surface area (Å²) in [6, 6.07) is 6.32. The number of hydrogen-bond donors (Lipinski definition) is 0. The van der Waals surface area contributed by atoms with Crippen LogP contribution in [0.1, 0.15) is 11.4 Å². The Balaban J connectivity index is 2.33. The first-order valence-corrected chi connectivity index (χ1v) is 6.49. The van der Waals surface area contributed by atoms with E-state index in [1.54, 1.807) is 24.4 Å². The van der Waals surface area contributed by atoms with Crippen LogP contribution in [0.25, 0.3) is 22.3 Å². The molecule has 0 radical (unpaired) electrons. The van der Waals surface area contributed by atoms with E-state index in [4.69, 9.17) is 11.6 Å². The van der Waals surface area contributed by atoms with E-state index in [0.717, 1.165) is 11.4 Å². The van der Waals surface area contributed by atoms with Crippen LogP contribution in [0, 0.1) is 19.7 Å². The van der Waals surface area contributed by atoms with Crippen molar-refractivity contribution in [2.45, 2.75) is 13.8 Å². The Morgan fingerprint density at radius 3 is 2.50 bits per heavy atom. The molecule has 3 aromatic rings. The second kappa shape index (κ2) is 4.80. The van der Waals surface area contributed by atoms with Crippen LogP contribution in [-0.4, -0.2) is 15.0 Å². The van der Waals surface area contributed by atoms with E-state index >= 15 is 0 Å². The maximum Gasteiger partial charge on any atom is 0.179 e. The first-order valence-electron chi connectivity index (χ1n) is 6.11. The zero-order chi connectivity index (χ0) is 14.3. The summed E-state index contributed by atoms with van der Waals surface area (Å²) < 4.78 is 14.1. The van der Waals surface area contributed by atoms with Gasteiger partial charge in [0.1, 0.15) is 11.3 Å². The average molecular weight is 288 g/mol. The predicted molar refractivity (Wildman–Crippen MR) is 77.2 cm³/mol. The first-order chi connectivity index (χ1) is 9.56. The van der Waals surface area contributed by atoms with Crippen LogP contribution in [-0.2, 0) is 0 Å². The number of aryl methyl sites for hydroxylation is 2. The van der Waals surface area contributed by atoms with Crippen molar-refractivity contribution in [3.63, 3.8) is 0 Å². The molecular weight excluding hydrogens is 277 g/mol. The van der Waals surface area contributed by atoms with Crippen molar-refractivity contribution in [2.75, 3.05) is 0 Å². The lowest BCUT2D eigenvalue weighted by molar-refractivity contribution is 0.631. The average Bonchev–Trinajstić information content (AvgIpc) is 2.40. The Kier molecular flexibility index (Phi) is 3.10. The molecule has 0 aliphatic heterocycles. The van der Waals surface area contributed by atoms with Gasteiger partial charge >= 0.3 is 0 Å². The Morgan fingerprint density at radius 2 is 1.75 bits per heavy atom. The van der Waals surface area contributed by atoms with Crippen LogP contribution in [0.5, 0.6) is 0 Å². The van der Waals surface area contributed by atoms with Crippen molar-refractivity contribution in [1.29, 1.82) is 0 Å². The number of pyridine rings is 1. The summed E-state index contributed by atoms with van der Waals surface area (Å²) in [4.78, 5) is 13.1. The molecule has 0 fully saturated rings. The number of halogens is 2. The molecule has 0 saturated carbocycles. The summed E-state index contributed by atoms with van der Waals surface area (Å²) in [5, 5.41) is 0.364. The van der Waals surface area contributed by atoms with Crippen molar-refractivity contribution in [3.05, 3.63) is 52.7 Å². The minimum Gasteiger partial charge on any atom is -0.247 e. The zero-order valence-electron chi connectivity index (χ0n) is 11.0. The normalized spacial score (nSPS) is 11.0. The highest BCUT2D eigenvalue weighted by atomic mass is 35.5. The van der Waals surface area contributed by atoms with E-state index in [9.17, 15) is 4.39 Å². The number of hydrogen-bond acceptors (Lipinski definition) is 3. The fourth-order valence-electron chi connectivity index (χ4n) is 2.05. The lowest BCUT2D eigenvalue weighted by atomic mass is 10.1. The second-order valence-corrected chi connectivity index (χ2v) is 4.99. The highest BCUT2D eigenvalue weighted by Gasteiger charge is 2.12. The van der Waals surface area contributed by atoms with Gasteiger partial charge in [-0.2, -0.15) is 0 Å². The van der Waals surface area contributed by atoms with E-state index in [1.165, 1.54) is 6.07 Å². The number of rotatable bonds is 1. The minimum atomic E-state index is -0.384. The second-order valence-electron chi connectivity index (χ2n) is 4.55. The van der Waals surface area contributed by atoms with Crippen LogP contribution < -0.4 is 0 Å². The van der Waals surface area contributed by atoms with Crippen LogP contribution in [0.15, 0.2) is 30.5 Å².